The van der Waals surface area contributed by atoms with E-state index >= 15 is 0 Å². The summed E-state index contributed by atoms with van der Waals surface area (Å²) in [6, 6.07) is 8.66. The van der Waals surface area contributed by atoms with E-state index in [9.17, 15) is 8.42 Å². The van der Waals surface area contributed by atoms with Crippen molar-refractivity contribution in [3.05, 3.63) is 48.9 Å². The third kappa shape index (κ3) is 4.27. The molecule has 0 saturated heterocycles. The van der Waals surface area contributed by atoms with E-state index in [0.29, 0.717) is 5.88 Å². The normalized spacial score (nSPS) is 21.7. The summed E-state index contributed by atoms with van der Waals surface area (Å²) in [4.78, 5) is 8.21. The number of hydrogen-bond donors (Lipinski definition) is 1. The Hall–Kier alpha value is -1.99. The highest BCUT2D eigenvalue weighted by molar-refractivity contribution is 7.89. The average Bonchev–Trinajstić information content (AvgIpc) is 2.58. The molecule has 1 fully saturated rings. The maximum atomic E-state index is 12.3. The van der Waals surface area contributed by atoms with Gasteiger partial charge in [0.05, 0.1) is 0 Å². The minimum Gasteiger partial charge on any atom is -0.474 e. The topological polar surface area (TPSA) is 81.2 Å². The van der Waals surface area contributed by atoms with E-state index in [1.807, 2.05) is 18.2 Å². The number of rotatable bonds is 5. The SMILES string of the molecule is O=S(=O)(NC1CCC(Oc2ccccn2)CC1)c1cccnc1. The van der Waals surface area contributed by atoms with Crippen LogP contribution in [-0.4, -0.2) is 30.5 Å². The van der Waals surface area contributed by atoms with Gasteiger partial charge in [-0.2, -0.15) is 0 Å². The molecule has 0 radical (unpaired) electrons. The van der Waals surface area contributed by atoms with Gasteiger partial charge in [0.2, 0.25) is 15.9 Å². The first-order valence-electron chi connectivity index (χ1n) is 7.63. The number of hydrogen-bond acceptors (Lipinski definition) is 5. The molecule has 0 aromatic carbocycles. The van der Waals surface area contributed by atoms with Crippen LogP contribution in [0.4, 0.5) is 0 Å². The highest BCUT2D eigenvalue weighted by atomic mass is 32.2. The fourth-order valence-corrected chi connectivity index (χ4v) is 3.95. The molecule has 0 bridgehead atoms. The molecule has 3 rings (SSSR count). The standard InChI is InChI=1S/C16H19N3O3S/c20-23(21,15-4-3-10-17-12-15)19-13-6-8-14(9-7-13)22-16-5-1-2-11-18-16/h1-5,10-14,19H,6-9H2. The minimum atomic E-state index is -3.50. The summed E-state index contributed by atoms with van der Waals surface area (Å²) in [6.07, 6.45) is 7.80. The molecule has 1 N–H and O–H groups in total. The summed E-state index contributed by atoms with van der Waals surface area (Å²) in [5, 5.41) is 0. The monoisotopic (exact) mass is 333 g/mol. The van der Waals surface area contributed by atoms with E-state index in [0.717, 1.165) is 25.7 Å². The Kier molecular flexibility index (Phi) is 4.88. The Morgan fingerprint density at radius 2 is 1.87 bits per heavy atom. The molecule has 0 spiro atoms. The van der Waals surface area contributed by atoms with Gasteiger partial charge in [0.15, 0.2) is 0 Å². The highest BCUT2D eigenvalue weighted by Gasteiger charge is 2.26. The lowest BCUT2D eigenvalue weighted by Gasteiger charge is -2.29. The Labute approximate surface area is 136 Å². The van der Waals surface area contributed by atoms with Gasteiger partial charge in [-0.1, -0.05) is 6.07 Å². The van der Waals surface area contributed by atoms with Gasteiger partial charge in [-0.3, -0.25) is 4.98 Å². The van der Waals surface area contributed by atoms with E-state index in [1.54, 1.807) is 24.5 Å². The molecule has 0 aliphatic heterocycles. The maximum Gasteiger partial charge on any atom is 0.242 e. The van der Waals surface area contributed by atoms with Gasteiger partial charge < -0.3 is 4.74 Å². The predicted octanol–water partition coefficient (Wildman–Crippen LogP) is 2.15. The molecule has 1 saturated carbocycles. The fourth-order valence-electron chi connectivity index (χ4n) is 2.68. The Morgan fingerprint density at radius 3 is 2.52 bits per heavy atom. The van der Waals surface area contributed by atoms with Crippen molar-refractivity contribution in [2.45, 2.75) is 42.7 Å². The summed E-state index contributed by atoms with van der Waals surface area (Å²) in [6.45, 7) is 0. The molecule has 1 aliphatic rings. The first kappa shape index (κ1) is 15.9. The second-order valence-corrected chi connectivity index (χ2v) is 7.28. The van der Waals surface area contributed by atoms with Crippen molar-refractivity contribution in [1.29, 1.82) is 0 Å². The van der Waals surface area contributed by atoms with Crippen molar-refractivity contribution in [3.63, 3.8) is 0 Å². The Balaban J connectivity index is 1.53. The van der Waals surface area contributed by atoms with Gasteiger partial charge in [-0.05, 0) is 43.9 Å². The molecule has 122 valence electrons. The van der Waals surface area contributed by atoms with E-state index < -0.39 is 10.0 Å². The van der Waals surface area contributed by atoms with Crippen LogP contribution in [0.25, 0.3) is 0 Å². The molecule has 23 heavy (non-hydrogen) atoms. The molecule has 0 atom stereocenters. The van der Waals surface area contributed by atoms with Crippen LogP contribution in [-0.2, 0) is 10.0 Å². The van der Waals surface area contributed by atoms with Crippen LogP contribution in [0.5, 0.6) is 5.88 Å². The van der Waals surface area contributed by atoms with Crippen molar-refractivity contribution >= 4 is 10.0 Å². The summed E-state index contributed by atoms with van der Waals surface area (Å²) < 4.78 is 33.1. The van der Waals surface area contributed by atoms with E-state index in [2.05, 4.69) is 14.7 Å². The van der Waals surface area contributed by atoms with Crippen molar-refractivity contribution in [3.8, 4) is 5.88 Å². The lowest BCUT2D eigenvalue weighted by Crippen LogP contribution is -2.39. The highest BCUT2D eigenvalue weighted by Crippen LogP contribution is 2.24. The molecule has 2 aromatic rings. The van der Waals surface area contributed by atoms with E-state index in [1.165, 1.54) is 6.20 Å². The lowest BCUT2D eigenvalue weighted by molar-refractivity contribution is 0.138. The summed E-state index contributed by atoms with van der Waals surface area (Å²) in [5.74, 6) is 0.617. The summed E-state index contributed by atoms with van der Waals surface area (Å²) >= 11 is 0. The molecule has 2 heterocycles. The van der Waals surface area contributed by atoms with Gasteiger partial charge in [-0.25, -0.2) is 18.1 Å². The van der Waals surface area contributed by atoms with Crippen LogP contribution in [0.3, 0.4) is 0 Å². The van der Waals surface area contributed by atoms with Crippen molar-refractivity contribution in [2.24, 2.45) is 0 Å². The number of ether oxygens (including phenoxy) is 1. The Bertz CT molecular complexity index is 715. The molecule has 6 nitrogen and oxygen atoms in total. The molecule has 7 heteroatoms. The number of nitrogens with one attached hydrogen (secondary N) is 1. The van der Waals surface area contributed by atoms with Crippen LogP contribution in [0.15, 0.2) is 53.8 Å². The van der Waals surface area contributed by atoms with Crippen LogP contribution in [0.1, 0.15) is 25.7 Å². The zero-order valence-corrected chi connectivity index (χ0v) is 13.4. The quantitative estimate of drug-likeness (QED) is 0.907. The second-order valence-electron chi connectivity index (χ2n) is 5.57. The second kappa shape index (κ2) is 7.06. The Morgan fingerprint density at radius 1 is 1.04 bits per heavy atom. The number of aromatic nitrogens is 2. The molecule has 2 aromatic heterocycles. The van der Waals surface area contributed by atoms with Crippen LogP contribution >= 0.6 is 0 Å². The van der Waals surface area contributed by atoms with Crippen LogP contribution < -0.4 is 9.46 Å². The zero-order chi connectivity index (χ0) is 16.1. The fraction of sp³-hybridized carbons (Fsp3) is 0.375. The number of sulfonamides is 1. The summed E-state index contributed by atoms with van der Waals surface area (Å²) in [7, 11) is -3.50. The largest absolute Gasteiger partial charge is 0.474 e. The van der Waals surface area contributed by atoms with Gasteiger partial charge in [0.1, 0.15) is 11.0 Å². The van der Waals surface area contributed by atoms with Crippen molar-refractivity contribution < 1.29 is 13.2 Å². The number of pyridine rings is 2. The molecule has 0 unspecified atom stereocenters. The predicted molar refractivity (Wildman–Crippen MR) is 85.5 cm³/mol. The average molecular weight is 333 g/mol. The maximum absolute atomic E-state index is 12.3. The van der Waals surface area contributed by atoms with Gasteiger partial charge in [0, 0.05) is 30.7 Å². The summed E-state index contributed by atoms with van der Waals surface area (Å²) in [5.41, 5.74) is 0. The van der Waals surface area contributed by atoms with Crippen molar-refractivity contribution in [1.82, 2.24) is 14.7 Å². The van der Waals surface area contributed by atoms with Crippen LogP contribution in [0.2, 0.25) is 0 Å². The third-order valence-electron chi connectivity index (χ3n) is 3.87. The lowest BCUT2D eigenvalue weighted by atomic mass is 9.94. The molecular formula is C16H19N3O3S. The van der Waals surface area contributed by atoms with E-state index in [-0.39, 0.29) is 17.0 Å². The number of nitrogens with zero attached hydrogens (tertiary/aromatic N) is 2. The van der Waals surface area contributed by atoms with E-state index in [4.69, 9.17) is 4.74 Å². The third-order valence-corrected chi connectivity index (χ3v) is 5.37. The molecule has 0 amide bonds. The van der Waals surface area contributed by atoms with Gasteiger partial charge >= 0.3 is 0 Å². The molecule has 1 aliphatic carbocycles. The van der Waals surface area contributed by atoms with Crippen molar-refractivity contribution in [2.75, 3.05) is 0 Å². The first-order valence-corrected chi connectivity index (χ1v) is 9.12. The van der Waals surface area contributed by atoms with Crippen LogP contribution in [0, 0.1) is 0 Å². The van der Waals surface area contributed by atoms with Gasteiger partial charge in [0.25, 0.3) is 0 Å². The molecular weight excluding hydrogens is 314 g/mol. The van der Waals surface area contributed by atoms with Gasteiger partial charge in [-0.15, -0.1) is 0 Å². The first-order chi connectivity index (χ1) is 11.1. The smallest absolute Gasteiger partial charge is 0.242 e. The minimum absolute atomic E-state index is 0.0659. The zero-order valence-electron chi connectivity index (χ0n) is 12.6.